The summed E-state index contributed by atoms with van der Waals surface area (Å²) in [6.45, 7) is 0. The first-order valence-electron chi connectivity index (χ1n) is 8.41. The average molecular weight is 396 g/mol. The summed E-state index contributed by atoms with van der Waals surface area (Å²) >= 11 is 0. The van der Waals surface area contributed by atoms with Crippen LogP contribution in [-0.2, 0) is 10.9 Å². The van der Waals surface area contributed by atoms with Crippen molar-refractivity contribution in [1.29, 1.82) is 5.26 Å². The Balaban J connectivity index is 1.91. The molecule has 0 radical (unpaired) electrons. The van der Waals surface area contributed by atoms with Gasteiger partial charge in [0, 0.05) is 11.1 Å². The minimum Gasteiger partial charge on any atom is -0.436 e. The summed E-state index contributed by atoms with van der Waals surface area (Å²) in [4.78, 5) is 26.0. The van der Waals surface area contributed by atoms with Crippen LogP contribution in [0.1, 0.15) is 37.8 Å². The number of allylic oxidation sites excluding steroid dienone is 3. The summed E-state index contributed by atoms with van der Waals surface area (Å²) in [7, 11) is 0. The van der Waals surface area contributed by atoms with E-state index in [2.05, 4.69) is 0 Å². The Kier molecular flexibility index (Phi) is 4.05. The van der Waals surface area contributed by atoms with Gasteiger partial charge < -0.3 is 10.5 Å². The zero-order chi connectivity index (χ0) is 20.9. The van der Waals surface area contributed by atoms with E-state index in [9.17, 15) is 28.0 Å². The molecule has 5 nitrogen and oxygen atoms in total. The van der Waals surface area contributed by atoms with Gasteiger partial charge in [-0.05, 0) is 17.7 Å². The van der Waals surface area contributed by atoms with Gasteiger partial charge in [-0.15, -0.1) is 0 Å². The summed E-state index contributed by atoms with van der Waals surface area (Å²) in [6, 6.07) is 12.0. The van der Waals surface area contributed by atoms with Crippen molar-refractivity contribution >= 4 is 11.6 Å². The second kappa shape index (κ2) is 6.34. The predicted molar refractivity (Wildman–Crippen MR) is 94.2 cm³/mol. The molecule has 2 aromatic carbocycles. The van der Waals surface area contributed by atoms with E-state index in [-0.39, 0.29) is 39.5 Å². The van der Waals surface area contributed by atoms with Crippen molar-refractivity contribution in [2.75, 3.05) is 0 Å². The van der Waals surface area contributed by atoms with Crippen molar-refractivity contribution < 1.29 is 27.5 Å². The number of fused-ring (bicyclic) bond motifs is 1. The lowest BCUT2D eigenvalue weighted by molar-refractivity contribution is -0.137. The predicted octanol–water partition coefficient (Wildman–Crippen LogP) is 3.85. The normalized spacial score (nSPS) is 18.8. The maximum Gasteiger partial charge on any atom is 0.416 e. The monoisotopic (exact) mass is 396 g/mol. The van der Waals surface area contributed by atoms with Gasteiger partial charge >= 0.3 is 6.18 Å². The Morgan fingerprint density at radius 1 is 0.966 bits per heavy atom. The summed E-state index contributed by atoms with van der Waals surface area (Å²) in [5.41, 5.74) is 5.15. The summed E-state index contributed by atoms with van der Waals surface area (Å²) in [6.07, 6.45) is -4.54. The molecule has 0 amide bonds. The van der Waals surface area contributed by atoms with Gasteiger partial charge in [0.2, 0.25) is 11.7 Å². The Bertz CT molecular complexity index is 1170. The number of nitrogens with two attached hydrogens (primary N) is 1. The third-order valence-electron chi connectivity index (χ3n) is 4.86. The molecule has 0 aromatic heterocycles. The minimum atomic E-state index is -4.54. The lowest BCUT2D eigenvalue weighted by Gasteiger charge is -2.31. The fraction of sp³-hybridized carbons (Fsp3) is 0.0952. The van der Waals surface area contributed by atoms with Crippen LogP contribution in [0.4, 0.5) is 13.2 Å². The Hall–Kier alpha value is -3.86. The van der Waals surface area contributed by atoms with Crippen molar-refractivity contribution in [2.24, 2.45) is 5.73 Å². The summed E-state index contributed by atoms with van der Waals surface area (Å²) in [5.74, 6) is -2.91. The van der Waals surface area contributed by atoms with Crippen LogP contribution in [0.15, 0.2) is 71.3 Å². The van der Waals surface area contributed by atoms with E-state index >= 15 is 0 Å². The average Bonchev–Trinajstić information content (AvgIpc) is 2.70. The molecular formula is C21H11F3N2O3. The van der Waals surface area contributed by atoms with Gasteiger partial charge in [-0.3, -0.25) is 9.59 Å². The number of benzene rings is 2. The molecule has 0 saturated heterocycles. The molecule has 4 rings (SSSR count). The first-order chi connectivity index (χ1) is 13.7. The summed E-state index contributed by atoms with van der Waals surface area (Å²) < 4.78 is 44.0. The number of nitriles is 1. The molecule has 1 atom stereocenters. The van der Waals surface area contributed by atoms with Crippen LogP contribution in [0.3, 0.4) is 0 Å². The van der Waals surface area contributed by atoms with Gasteiger partial charge in [-0.2, -0.15) is 18.4 Å². The van der Waals surface area contributed by atoms with Crippen molar-refractivity contribution in [3.8, 4) is 6.07 Å². The molecule has 1 heterocycles. The molecule has 2 N–H and O–H groups in total. The van der Waals surface area contributed by atoms with E-state index in [0.29, 0.717) is 0 Å². The molecule has 0 bridgehead atoms. The molecule has 1 aliphatic carbocycles. The molecule has 8 heteroatoms. The first-order valence-corrected chi connectivity index (χ1v) is 8.41. The zero-order valence-electron chi connectivity index (χ0n) is 14.6. The number of alkyl halides is 3. The molecule has 0 saturated carbocycles. The third-order valence-corrected chi connectivity index (χ3v) is 4.86. The van der Waals surface area contributed by atoms with Crippen molar-refractivity contribution in [3.63, 3.8) is 0 Å². The number of carbonyl (C=O) groups is 2. The maximum absolute atomic E-state index is 13.1. The number of ether oxygens (including phenoxy) is 1. The largest absolute Gasteiger partial charge is 0.436 e. The van der Waals surface area contributed by atoms with Crippen molar-refractivity contribution in [1.82, 2.24) is 0 Å². The van der Waals surface area contributed by atoms with Gasteiger partial charge in [0.15, 0.2) is 11.5 Å². The molecule has 144 valence electrons. The first kappa shape index (κ1) is 18.5. The van der Waals surface area contributed by atoms with Crippen LogP contribution in [0.25, 0.3) is 0 Å². The SMILES string of the molecule is N#CC1=C(N)OC2=C(C(=O)c3ccccc3C2=O)C1c1ccc(C(F)(F)F)cc1. The van der Waals surface area contributed by atoms with Crippen molar-refractivity contribution in [2.45, 2.75) is 12.1 Å². The van der Waals surface area contributed by atoms with Crippen LogP contribution >= 0.6 is 0 Å². The van der Waals surface area contributed by atoms with Gasteiger partial charge in [0.05, 0.1) is 17.1 Å². The van der Waals surface area contributed by atoms with E-state index in [1.807, 2.05) is 6.07 Å². The number of carbonyl (C=O) groups excluding carboxylic acids is 2. The van der Waals surface area contributed by atoms with E-state index in [0.717, 1.165) is 24.3 Å². The smallest absolute Gasteiger partial charge is 0.416 e. The van der Waals surface area contributed by atoms with Gasteiger partial charge in [-0.1, -0.05) is 36.4 Å². The fourth-order valence-electron chi connectivity index (χ4n) is 3.50. The van der Waals surface area contributed by atoms with E-state index in [1.54, 1.807) is 12.1 Å². The zero-order valence-corrected chi connectivity index (χ0v) is 14.6. The van der Waals surface area contributed by atoms with Crippen LogP contribution in [-0.4, -0.2) is 11.6 Å². The van der Waals surface area contributed by atoms with Gasteiger partial charge in [-0.25, -0.2) is 0 Å². The number of hydrogen-bond acceptors (Lipinski definition) is 5. The summed E-state index contributed by atoms with van der Waals surface area (Å²) in [5, 5.41) is 9.55. The Labute approximate surface area is 162 Å². The van der Waals surface area contributed by atoms with Gasteiger partial charge in [0.25, 0.3) is 0 Å². The second-order valence-electron chi connectivity index (χ2n) is 6.49. The lowest BCUT2D eigenvalue weighted by atomic mass is 9.75. The highest BCUT2D eigenvalue weighted by molar-refractivity contribution is 6.27. The molecular weight excluding hydrogens is 385 g/mol. The fourth-order valence-corrected chi connectivity index (χ4v) is 3.50. The van der Waals surface area contributed by atoms with Crippen LogP contribution in [0.2, 0.25) is 0 Å². The molecule has 2 aliphatic rings. The van der Waals surface area contributed by atoms with Crippen LogP contribution < -0.4 is 5.73 Å². The number of ketones is 2. The van der Waals surface area contributed by atoms with Crippen molar-refractivity contribution in [3.05, 3.63) is 93.6 Å². The highest BCUT2D eigenvalue weighted by Crippen LogP contribution is 2.44. The molecule has 1 aliphatic heterocycles. The Morgan fingerprint density at radius 3 is 2.10 bits per heavy atom. The standard InChI is InChI=1S/C21H11F3N2O3/c22-21(23,24)11-7-5-10(6-8-11)15-14(9-25)20(26)29-19-16(15)17(27)12-3-1-2-4-13(12)18(19)28/h1-8,15H,26H2. The number of halogens is 3. The molecule has 0 spiro atoms. The quantitative estimate of drug-likeness (QED) is 0.790. The highest BCUT2D eigenvalue weighted by atomic mass is 19.4. The molecule has 0 fully saturated rings. The minimum absolute atomic E-state index is 0.112. The maximum atomic E-state index is 13.1. The highest BCUT2D eigenvalue weighted by Gasteiger charge is 2.43. The lowest BCUT2D eigenvalue weighted by Crippen LogP contribution is -2.32. The topological polar surface area (TPSA) is 93.2 Å². The number of rotatable bonds is 1. The number of hydrogen-bond donors (Lipinski definition) is 1. The van der Waals surface area contributed by atoms with E-state index < -0.39 is 29.2 Å². The Morgan fingerprint density at radius 2 is 1.55 bits per heavy atom. The van der Waals surface area contributed by atoms with Gasteiger partial charge in [0.1, 0.15) is 11.6 Å². The molecule has 1 unspecified atom stereocenters. The van der Waals surface area contributed by atoms with Crippen LogP contribution in [0.5, 0.6) is 0 Å². The second-order valence-corrected chi connectivity index (χ2v) is 6.49. The molecule has 2 aromatic rings. The number of nitrogens with zero attached hydrogens (tertiary/aromatic N) is 1. The molecule has 29 heavy (non-hydrogen) atoms. The third kappa shape index (κ3) is 2.79. The van der Waals surface area contributed by atoms with Crippen LogP contribution in [0, 0.1) is 11.3 Å². The van der Waals surface area contributed by atoms with E-state index in [1.165, 1.54) is 12.1 Å². The number of Topliss-reactive ketones (excluding diaryl/α,β-unsaturated/α-hetero) is 2. The van der Waals surface area contributed by atoms with E-state index in [4.69, 9.17) is 10.5 Å².